The van der Waals surface area contributed by atoms with Gasteiger partial charge < -0.3 is 4.74 Å². The maximum atomic E-state index is 12.2. The molecule has 0 atom stereocenters. The Kier molecular flexibility index (Phi) is 3.19. The van der Waals surface area contributed by atoms with Crippen molar-refractivity contribution in [2.24, 2.45) is 0 Å². The highest BCUT2D eigenvalue weighted by Crippen LogP contribution is 2.24. The second-order valence-corrected chi connectivity index (χ2v) is 3.06. The van der Waals surface area contributed by atoms with Crippen LogP contribution in [-0.2, 0) is 0 Å². The maximum absolute atomic E-state index is 12.2. The molecule has 0 aliphatic heterocycles. The number of methoxy groups -OCH3 is 1. The fraction of sp³-hybridized carbons (Fsp3) is 0.286. The van der Waals surface area contributed by atoms with Gasteiger partial charge in [0.1, 0.15) is 3.70 Å². The van der Waals surface area contributed by atoms with Crippen LogP contribution in [0, 0.1) is 3.70 Å². The van der Waals surface area contributed by atoms with Crippen molar-refractivity contribution < 1.29 is 13.5 Å². The maximum Gasteiger partial charge on any atom is 0.266 e. The van der Waals surface area contributed by atoms with E-state index in [1.807, 2.05) is 0 Å². The quantitative estimate of drug-likeness (QED) is 0.615. The Morgan fingerprint density at radius 2 is 2.17 bits per heavy atom. The molecule has 0 N–H and O–H groups in total. The largest absolute Gasteiger partial charge is 0.481 e. The smallest absolute Gasteiger partial charge is 0.266 e. The molecule has 1 heterocycles. The predicted octanol–water partition coefficient (Wildman–Crippen LogP) is 2.63. The molecule has 0 saturated heterocycles. The molecule has 0 aliphatic rings. The Bertz CT molecular complexity index is 280. The SMILES string of the molecule is COc1ccc(C(F)F)c(I)n1. The standard InChI is InChI=1S/C7H6F2INO/c1-12-5-3-2-4(6(8)9)7(10)11-5/h2-3,6H,1H3. The van der Waals surface area contributed by atoms with Gasteiger partial charge in [0.15, 0.2) is 0 Å². The fourth-order valence-corrected chi connectivity index (χ4v) is 1.36. The van der Waals surface area contributed by atoms with Crippen LogP contribution in [0.5, 0.6) is 5.88 Å². The molecule has 12 heavy (non-hydrogen) atoms. The molecule has 0 bridgehead atoms. The molecule has 0 aliphatic carbocycles. The van der Waals surface area contributed by atoms with Crippen LogP contribution in [0.4, 0.5) is 8.78 Å². The lowest BCUT2D eigenvalue weighted by Gasteiger charge is -2.03. The van der Waals surface area contributed by atoms with Gasteiger partial charge in [0.25, 0.3) is 6.43 Å². The molecule has 1 rings (SSSR count). The third kappa shape index (κ3) is 2.02. The van der Waals surface area contributed by atoms with Crippen LogP contribution in [0.3, 0.4) is 0 Å². The Morgan fingerprint density at radius 1 is 1.50 bits per heavy atom. The zero-order valence-electron chi connectivity index (χ0n) is 6.22. The molecule has 0 unspecified atom stereocenters. The second-order valence-electron chi connectivity index (χ2n) is 2.03. The molecule has 1 aromatic rings. The minimum atomic E-state index is -2.48. The number of alkyl halides is 2. The summed E-state index contributed by atoms with van der Waals surface area (Å²) >= 11 is 1.75. The van der Waals surface area contributed by atoms with Crippen molar-refractivity contribution in [3.05, 3.63) is 21.4 Å². The summed E-state index contributed by atoms with van der Waals surface area (Å²) < 4.78 is 29.4. The molecule has 0 spiro atoms. The van der Waals surface area contributed by atoms with E-state index in [0.717, 1.165) is 0 Å². The van der Waals surface area contributed by atoms with Crippen molar-refractivity contribution in [2.75, 3.05) is 7.11 Å². The van der Waals surface area contributed by atoms with E-state index in [9.17, 15) is 8.78 Å². The van der Waals surface area contributed by atoms with Crippen molar-refractivity contribution in [1.82, 2.24) is 4.98 Å². The first kappa shape index (κ1) is 9.63. The fourth-order valence-electron chi connectivity index (χ4n) is 0.705. The highest BCUT2D eigenvalue weighted by molar-refractivity contribution is 14.1. The first-order valence-electron chi connectivity index (χ1n) is 3.13. The van der Waals surface area contributed by atoms with Crippen LogP contribution < -0.4 is 4.74 Å². The molecule has 66 valence electrons. The van der Waals surface area contributed by atoms with Gasteiger partial charge >= 0.3 is 0 Å². The Morgan fingerprint density at radius 3 is 2.58 bits per heavy atom. The second kappa shape index (κ2) is 3.97. The minimum Gasteiger partial charge on any atom is -0.481 e. The van der Waals surface area contributed by atoms with Gasteiger partial charge in [0, 0.05) is 11.6 Å². The van der Waals surface area contributed by atoms with Crippen molar-refractivity contribution in [3.8, 4) is 5.88 Å². The van der Waals surface area contributed by atoms with E-state index in [2.05, 4.69) is 4.98 Å². The number of hydrogen-bond acceptors (Lipinski definition) is 2. The zero-order valence-corrected chi connectivity index (χ0v) is 8.38. The van der Waals surface area contributed by atoms with E-state index < -0.39 is 6.43 Å². The summed E-state index contributed by atoms with van der Waals surface area (Å²) in [5, 5.41) is 0. The number of aromatic nitrogens is 1. The van der Waals surface area contributed by atoms with Crippen molar-refractivity contribution in [2.45, 2.75) is 6.43 Å². The summed E-state index contributed by atoms with van der Waals surface area (Å²) in [5.74, 6) is 0.351. The highest BCUT2D eigenvalue weighted by Gasteiger charge is 2.12. The molecule has 5 heteroatoms. The van der Waals surface area contributed by atoms with E-state index in [4.69, 9.17) is 4.74 Å². The third-order valence-electron chi connectivity index (χ3n) is 1.30. The summed E-state index contributed by atoms with van der Waals surface area (Å²) in [6.07, 6.45) is -2.48. The Labute approximate surface area is 82.1 Å². The number of ether oxygens (including phenoxy) is 1. The molecular weight excluding hydrogens is 279 g/mol. The summed E-state index contributed by atoms with van der Waals surface area (Å²) in [4.78, 5) is 3.80. The normalized spacial score (nSPS) is 10.4. The number of pyridine rings is 1. The first-order chi connectivity index (χ1) is 5.65. The summed E-state index contributed by atoms with van der Waals surface area (Å²) in [7, 11) is 1.44. The van der Waals surface area contributed by atoms with Crippen LogP contribution in [-0.4, -0.2) is 12.1 Å². The van der Waals surface area contributed by atoms with Gasteiger partial charge in [0.05, 0.1) is 7.11 Å². The number of hydrogen-bond donors (Lipinski definition) is 0. The monoisotopic (exact) mass is 285 g/mol. The number of rotatable bonds is 2. The van der Waals surface area contributed by atoms with E-state index in [0.29, 0.717) is 5.88 Å². The minimum absolute atomic E-state index is 0.0589. The third-order valence-corrected chi connectivity index (χ3v) is 2.16. The topological polar surface area (TPSA) is 22.1 Å². The average Bonchev–Trinajstić information content (AvgIpc) is 2.03. The molecular formula is C7H6F2INO. The van der Waals surface area contributed by atoms with Gasteiger partial charge in [-0.1, -0.05) is 0 Å². The average molecular weight is 285 g/mol. The van der Waals surface area contributed by atoms with Crippen LogP contribution in [0.15, 0.2) is 12.1 Å². The van der Waals surface area contributed by atoms with Crippen molar-refractivity contribution in [3.63, 3.8) is 0 Å². The van der Waals surface area contributed by atoms with E-state index in [-0.39, 0.29) is 9.26 Å². The van der Waals surface area contributed by atoms with Crippen molar-refractivity contribution in [1.29, 1.82) is 0 Å². The zero-order chi connectivity index (χ0) is 9.14. The van der Waals surface area contributed by atoms with Gasteiger partial charge in [-0.05, 0) is 28.7 Å². The molecule has 0 saturated carbocycles. The van der Waals surface area contributed by atoms with Gasteiger partial charge in [-0.3, -0.25) is 0 Å². The van der Waals surface area contributed by atoms with E-state index in [1.54, 1.807) is 22.6 Å². The summed E-state index contributed by atoms with van der Waals surface area (Å²) in [6, 6.07) is 2.74. The molecule has 0 aromatic carbocycles. The highest BCUT2D eigenvalue weighted by atomic mass is 127. The molecule has 0 amide bonds. The lowest BCUT2D eigenvalue weighted by atomic mass is 10.3. The van der Waals surface area contributed by atoms with Crippen LogP contribution in [0.1, 0.15) is 12.0 Å². The Hall–Kier alpha value is -0.460. The van der Waals surface area contributed by atoms with Gasteiger partial charge in [-0.25, -0.2) is 13.8 Å². The van der Waals surface area contributed by atoms with Crippen LogP contribution >= 0.6 is 22.6 Å². The molecule has 0 fully saturated rings. The molecule has 1 aromatic heterocycles. The van der Waals surface area contributed by atoms with E-state index in [1.165, 1.54) is 19.2 Å². The molecule has 0 radical (unpaired) electrons. The first-order valence-corrected chi connectivity index (χ1v) is 4.21. The predicted molar refractivity (Wildman–Crippen MR) is 48.5 cm³/mol. The van der Waals surface area contributed by atoms with Gasteiger partial charge in [-0.15, -0.1) is 0 Å². The molecule has 2 nitrogen and oxygen atoms in total. The van der Waals surface area contributed by atoms with Gasteiger partial charge in [0.2, 0.25) is 5.88 Å². The number of halogens is 3. The lowest BCUT2D eigenvalue weighted by Crippen LogP contribution is -1.95. The van der Waals surface area contributed by atoms with Gasteiger partial charge in [-0.2, -0.15) is 0 Å². The number of nitrogens with zero attached hydrogens (tertiary/aromatic N) is 1. The van der Waals surface area contributed by atoms with E-state index >= 15 is 0 Å². The van der Waals surface area contributed by atoms with Crippen molar-refractivity contribution >= 4 is 22.6 Å². The Balaban J connectivity index is 3.03. The summed E-state index contributed by atoms with van der Waals surface area (Å²) in [5.41, 5.74) is -0.0589. The van der Waals surface area contributed by atoms with Crippen LogP contribution in [0.25, 0.3) is 0 Å². The van der Waals surface area contributed by atoms with Crippen LogP contribution in [0.2, 0.25) is 0 Å². The summed E-state index contributed by atoms with van der Waals surface area (Å²) in [6.45, 7) is 0. The lowest BCUT2D eigenvalue weighted by molar-refractivity contribution is 0.149.